The van der Waals surface area contributed by atoms with Crippen LogP contribution in [0.2, 0.25) is 5.02 Å². The minimum atomic E-state index is -0.133. The van der Waals surface area contributed by atoms with Crippen LogP contribution in [0, 0.1) is 0 Å². The van der Waals surface area contributed by atoms with Crippen LogP contribution in [0.25, 0.3) is 10.9 Å². The first-order valence-electron chi connectivity index (χ1n) is 6.72. The molecule has 0 saturated heterocycles. The van der Waals surface area contributed by atoms with Gasteiger partial charge in [-0.15, -0.1) is 0 Å². The van der Waals surface area contributed by atoms with Crippen LogP contribution in [-0.2, 0) is 16.0 Å². The Morgan fingerprint density at radius 2 is 1.89 bits per heavy atom. The second-order valence-corrected chi connectivity index (χ2v) is 4.78. The largest absolute Gasteiger partial charge is 0.353 e. The first kappa shape index (κ1) is 14.4. The quantitative estimate of drug-likeness (QED) is 0.714. The standard InChI is InChI=1S/C15H20ClNO2/c1-3-18-15(19-4-2)8-10-17-9-7-12-5-6-13(16)11-14(12)17/h5-7,9,11,15H,3-4,8,10H2,1-2H3. The predicted molar refractivity (Wildman–Crippen MR) is 78.6 cm³/mol. The molecule has 0 aliphatic heterocycles. The summed E-state index contributed by atoms with van der Waals surface area (Å²) in [5, 5.41) is 1.97. The summed E-state index contributed by atoms with van der Waals surface area (Å²) in [6.45, 7) is 6.16. The number of hydrogen-bond acceptors (Lipinski definition) is 2. The Kier molecular flexibility index (Phi) is 5.25. The Bertz CT molecular complexity index is 518. The van der Waals surface area contributed by atoms with Gasteiger partial charge >= 0.3 is 0 Å². The first-order chi connectivity index (χ1) is 9.24. The van der Waals surface area contributed by atoms with Crippen molar-refractivity contribution in [2.45, 2.75) is 33.1 Å². The number of fused-ring (bicyclic) bond motifs is 1. The summed E-state index contributed by atoms with van der Waals surface area (Å²) in [7, 11) is 0. The fraction of sp³-hybridized carbons (Fsp3) is 0.467. The van der Waals surface area contributed by atoms with Gasteiger partial charge in [-0.1, -0.05) is 17.7 Å². The summed E-state index contributed by atoms with van der Waals surface area (Å²) in [4.78, 5) is 0. The van der Waals surface area contributed by atoms with E-state index in [1.165, 1.54) is 5.39 Å². The molecule has 104 valence electrons. The van der Waals surface area contributed by atoms with Crippen molar-refractivity contribution in [3.63, 3.8) is 0 Å². The van der Waals surface area contributed by atoms with Crippen LogP contribution < -0.4 is 0 Å². The van der Waals surface area contributed by atoms with Gasteiger partial charge in [0.25, 0.3) is 0 Å². The first-order valence-corrected chi connectivity index (χ1v) is 7.10. The van der Waals surface area contributed by atoms with Crippen molar-refractivity contribution >= 4 is 22.5 Å². The zero-order valence-corrected chi connectivity index (χ0v) is 12.2. The van der Waals surface area contributed by atoms with Crippen LogP contribution >= 0.6 is 11.6 Å². The van der Waals surface area contributed by atoms with E-state index in [-0.39, 0.29) is 6.29 Å². The second kappa shape index (κ2) is 6.94. The Morgan fingerprint density at radius 1 is 1.16 bits per heavy atom. The van der Waals surface area contributed by atoms with E-state index in [1.54, 1.807) is 0 Å². The zero-order valence-electron chi connectivity index (χ0n) is 11.4. The fourth-order valence-corrected chi connectivity index (χ4v) is 2.35. The fourth-order valence-electron chi connectivity index (χ4n) is 2.18. The van der Waals surface area contributed by atoms with Crippen LogP contribution in [0.15, 0.2) is 30.5 Å². The topological polar surface area (TPSA) is 23.4 Å². The maximum absolute atomic E-state index is 6.05. The number of nitrogens with zero attached hydrogens (tertiary/aromatic N) is 1. The van der Waals surface area contributed by atoms with Crippen LogP contribution in [0.3, 0.4) is 0 Å². The average Bonchev–Trinajstić information content (AvgIpc) is 2.79. The molecule has 0 radical (unpaired) electrons. The van der Waals surface area contributed by atoms with Crippen LogP contribution in [0.1, 0.15) is 20.3 Å². The van der Waals surface area contributed by atoms with E-state index in [2.05, 4.69) is 16.8 Å². The highest BCUT2D eigenvalue weighted by Crippen LogP contribution is 2.21. The van der Waals surface area contributed by atoms with E-state index in [9.17, 15) is 0 Å². The summed E-state index contributed by atoms with van der Waals surface area (Å²) >= 11 is 6.05. The highest BCUT2D eigenvalue weighted by atomic mass is 35.5. The molecular formula is C15H20ClNO2. The third kappa shape index (κ3) is 3.72. The molecule has 0 spiro atoms. The van der Waals surface area contributed by atoms with Crippen molar-refractivity contribution in [3.05, 3.63) is 35.5 Å². The second-order valence-electron chi connectivity index (χ2n) is 4.34. The molecule has 0 bridgehead atoms. The molecule has 0 unspecified atom stereocenters. The van der Waals surface area contributed by atoms with E-state index in [1.807, 2.05) is 32.0 Å². The summed E-state index contributed by atoms with van der Waals surface area (Å²) in [5.74, 6) is 0. The number of rotatable bonds is 7. The van der Waals surface area contributed by atoms with Gasteiger partial charge in [0, 0.05) is 42.9 Å². The van der Waals surface area contributed by atoms with E-state index in [0.29, 0.717) is 13.2 Å². The van der Waals surface area contributed by atoms with Crippen LogP contribution in [0.4, 0.5) is 0 Å². The van der Waals surface area contributed by atoms with Gasteiger partial charge in [0.05, 0.1) is 0 Å². The molecule has 0 aliphatic rings. The molecular weight excluding hydrogens is 262 g/mol. The Labute approximate surface area is 119 Å². The predicted octanol–water partition coefficient (Wildman–Crippen LogP) is 4.08. The molecule has 0 saturated carbocycles. The summed E-state index contributed by atoms with van der Waals surface area (Å²) < 4.78 is 13.3. The molecule has 0 amide bonds. The molecule has 1 aromatic carbocycles. The van der Waals surface area contributed by atoms with Gasteiger partial charge in [-0.05, 0) is 37.4 Å². The number of aromatic nitrogens is 1. The Morgan fingerprint density at radius 3 is 2.58 bits per heavy atom. The molecule has 0 N–H and O–H groups in total. The van der Waals surface area contributed by atoms with E-state index in [0.717, 1.165) is 23.5 Å². The van der Waals surface area contributed by atoms with E-state index < -0.39 is 0 Å². The van der Waals surface area contributed by atoms with Gasteiger partial charge in [-0.3, -0.25) is 0 Å². The highest BCUT2D eigenvalue weighted by molar-refractivity contribution is 6.31. The lowest BCUT2D eigenvalue weighted by Crippen LogP contribution is -2.19. The molecule has 1 heterocycles. The summed E-state index contributed by atoms with van der Waals surface area (Å²) in [5.41, 5.74) is 1.15. The number of benzene rings is 1. The van der Waals surface area contributed by atoms with Crippen molar-refractivity contribution in [1.82, 2.24) is 4.57 Å². The number of hydrogen-bond donors (Lipinski definition) is 0. The molecule has 4 heteroatoms. The zero-order chi connectivity index (χ0) is 13.7. The van der Waals surface area contributed by atoms with Gasteiger partial charge in [-0.2, -0.15) is 0 Å². The van der Waals surface area contributed by atoms with E-state index >= 15 is 0 Å². The van der Waals surface area contributed by atoms with Gasteiger partial charge < -0.3 is 14.0 Å². The van der Waals surface area contributed by atoms with Crippen LogP contribution in [0.5, 0.6) is 0 Å². The molecule has 3 nitrogen and oxygen atoms in total. The molecule has 0 aliphatic carbocycles. The average molecular weight is 282 g/mol. The molecule has 2 aromatic rings. The number of aryl methyl sites for hydroxylation is 1. The minimum Gasteiger partial charge on any atom is -0.353 e. The Balaban J connectivity index is 2.06. The molecule has 0 fully saturated rings. The van der Waals surface area contributed by atoms with Crippen LogP contribution in [-0.4, -0.2) is 24.1 Å². The monoisotopic (exact) mass is 281 g/mol. The molecule has 1 aromatic heterocycles. The molecule has 2 rings (SSSR count). The number of ether oxygens (including phenoxy) is 2. The minimum absolute atomic E-state index is 0.133. The normalized spacial score (nSPS) is 11.6. The third-order valence-electron chi connectivity index (χ3n) is 3.05. The summed E-state index contributed by atoms with van der Waals surface area (Å²) in [6, 6.07) is 8.05. The van der Waals surface area contributed by atoms with Crippen molar-refractivity contribution in [3.8, 4) is 0 Å². The van der Waals surface area contributed by atoms with Crippen molar-refractivity contribution in [2.24, 2.45) is 0 Å². The Hall–Kier alpha value is -1.03. The van der Waals surface area contributed by atoms with Gasteiger partial charge in [0.15, 0.2) is 6.29 Å². The summed E-state index contributed by atoms with van der Waals surface area (Å²) in [6.07, 6.45) is 2.78. The maximum Gasteiger partial charge on any atom is 0.159 e. The third-order valence-corrected chi connectivity index (χ3v) is 3.28. The van der Waals surface area contributed by atoms with Gasteiger partial charge in [-0.25, -0.2) is 0 Å². The maximum atomic E-state index is 6.05. The van der Waals surface area contributed by atoms with Crippen molar-refractivity contribution < 1.29 is 9.47 Å². The van der Waals surface area contributed by atoms with Gasteiger partial charge in [0.1, 0.15) is 0 Å². The van der Waals surface area contributed by atoms with E-state index in [4.69, 9.17) is 21.1 Å². The SMILES string of the molecule is CCOC(CCn1ccc2ccc(Cl)cc21)OCC. The molecule has 0 atom stereocenters. The number of halogens is 1. The highest BCUT2D eigenvalue weighted by Gasteiger charge is 2.09. The van der Waals surface area contributed by atoms with Crippen molar-refractivity contribution in [2.75, 3.05) is 13.2 Å². The smallest absolute Gasteiger partial charge is 0.159 e. The van der Waals surface area contributed by atoms with Crippen molar-refractivity contribution in [1.29, 1.82) is 0 Å². The van der Waals surface area contributed by atoms with Gasteiger partial charge in [0.2, 0.25) is 0 Å². The lowest BCUT2D eigenvalue weighted by Gasteiger charge is -2.17. The lowest BCUT2D eigenvalue weighted by molar-refractivity contribution is -0.140. The molecule has 19 heavy (non-hydrogen) atoms. The lowest BCUT2D eigenvalue weighted by atomic mass is 10.2.